The molecule has 0 aliphatic carbocycles. The predicted octanol–water partition coefficient (Wildman–Crippen LogP) is 1.49. The van der Waals surface area contributed by atoms with Crippen molar-refractivity contribution >= 4 is 11.7 Å². The van der Waals surface area contributed by atoms with Gasteiger partial charge in [-0.05, 0) is 26.3 Å². The number of nitro benzene ring substituents is 1. The second-order valence-electron chi connectivity index (χ2n) is 6.56. The minimum absolute atomic E-state index is 0.0232. The first-order chi connectivity index (χ1) is 11.9. The number of hydrogen-bond acceptors (Lipinski definition) is 7. The van der Waals surface area contributed by atoms with E-state index in [1.807, 2.05) is 11.8 Å². The lowest BCUT2D eigenvalue weighted by atomic mass is 10.0. The molecular formula is C17H22N2O6. The Morgan fingerprint density at radius 1 is 1.52 bits per heavy atom. The van der Waals surface area contributed by atoms with Crippen LogP contribution in [0.2, 0.25) is 0 Å². The molecule has 8 nitrogen and oxygen atoms in total. The highest BCUT2D eigenvalue weighted by Gasteiger charge is 2.43. The summed E-state index contributed by atoms with van der Waals surface area (Å²) >= 11 is 0. The Morgan fingerprint density at radius 3 is 2.96 bits per heavy atom. The number of nitro groups is 1. The number of esters is 1. The molecule has 4 atom stereocenters. The predicted molar refractivity (Wildman–Crippen MR) is 88.1 cm³/mol. The molecule has 0 saturated carbocycles. The van der Waals surface area contributed by atoms with Crippen LogP contribution < -0.4 is 4.74 Å². The van der Waals surface area contributed by atoms with Gasteiger partial charge in [0.05, 0.1) is 17.4 Å². The van der Waals surface area contributed by atoms with Crippen LogP contribution in [0.1, 0.15) is 25.8 Å². The number of fused-ring (bicyclic) bond motifs is 1. The van der Waals surface area contributed by atoms with Gasteiger partial charge in [-0.25, -0.2) is 0 Å². The molecule has 1 aromatic rings. The van der Waals surface area contributed by atoms with Gasteiger partial charge in [0.2, 0.25) is 0 Å². The van der Waals surface area contributed by atoms with E-state index < -0.39 is 17.3 Å². The third-order valence-electron chi connectivity index (χ3n) is 4.83. The van der Waals surface area contributed by atoms with Gasteiger partial charge in [-0.1, -0.05) is 0 Å². The molecule has 1 saturated heterocycles. The van der Waals surface area contributed by atoms with Gasteiger partial charge < -0.3 is 14.6 Å². The van der Waals surface area contributed by atoms with Gasteiger partial charge in [0.25, 0.3) is 5.69 Å². The molecule has 0 bridgehead atoms. The number of ether oxygens (including phenoxy) is 2. The van der Waals surface area contributed by atoms with Crippen molar-refractivity contribution in [3.63, 3.8) is 0 Å². The summed E-state index contributed by atoms with van der Waals surface area (Å²) in [6.45, 7) is 4.57. The summed E-state index contributed by atoms with van der Waals surface area (Å²) in [6.07, 6.45) is -0.477. The minimum atomic E-state index is -0.821. The molecule has 0 radical (unpaired) electrons. The van der Waals surface area contributed by atoms with Crippen molar-refractivity contribution in [2.24, 2.45) is 5.92 Å². The summed E-state index contributed by atoms with van der Waals surface area (Å²) in [6, 6.07) is 4.45. The Balaban J connectivity index is 1.76. The number of hydrogen-bond donors (Lipinski definition) is 1. The van der Waals surface area contributed by atoms with Gasteiger partial charge in [-0.3, -0.25) is 19.8 Å². The zero-order valence-corrected chi connectivity index (χ0v) is 14.3. The Kier molecular flexibility index (Phi) is 4.91. The van der Waals surface area contributed by atoms with Crippen molar-refractivity contribution in [2.45, 2.75) is 45.1 Å². The van der Waals surface area contributed by atoms with Crippen LogP contribution in [0.25, 0.3) is 0 Å². The van der Waals surface area contributed by atoms with Gasteiger partial charge in [0.1, 0.15) is 11.9 Å². The van der Waals surface area contributed by atoms with E-state index in [0.717, 1.165) is 0 Å². The standard InChI is InChI=1S/C17H22N2O6/c1-3-24-17(21)12-6-10(2)18(9-12)16-14(20)8-11-7-13(19(22)23)4-5-15(11)25-16/h4-5,7,10,12,14,16,20H,3,6,8-9H2,1-2H3/t10?,12?,14-,16-/m1/s1. The van der Waals surface area contributed by atoms with Gasteiger partial charge in [-0.15, -0.1) is 0 Å². The van der Waals surface area contributed by atoms with E-state index in [0.29, 0.717) is 30.9 Å². The second-order valence-corrected chi connectivity index (χ2v) is 6.56. The molecule has 25 heavy (non-hydrogen) atoms. The number of aliphatic hydroxyl groups is 1. The SMILES string of the molecule is CCOC(=O)C1CC(C)N([C@@H]2Oc3ccc([N+](=O)[O-])cc3C[C@H]2O)C1. The quantitative estimate of drug-likeness (QED) is 0.498. The second kappa shape index (κ2) is 6.97. The van der Waals surface area contributed by atoms with Crippen molar-refractivity contribution in [1.29, 1.82) is 0 Å². The van der Waals surface area contributed by atoms with E-state index in [-0.39, 0.29) is 30.0 Å². The van der Waals surface area contributed by atoms with E-state index in [9.17, 15) is 20.0 Å². The third kappa shape index (κ3) is 3.45. The number of likely N-dealkylation sites (tertiary alicyclic amines) is 1. The molecule has 1 fully saturated rings. The van der Waals surface area contributed by atoms with E-state index in [1.54, 1.807) is 13.0 Å². The summed E-state index contributed by atoms with van der Waals surface area (Å²) < 4.78 is 11.0. The molecule has 1 N–H and O–H groups in total. The summed E-state index contributed by atoms with van der Waals surface area (Å²) in [5, 5.41) is 21.4. The molecule has 2 aliphatic rings. The molecule has 3 rings (SSSR count). The number of carbonyl (C=O) groups excluding carboxylic acids is 1. The lowest BCUT2D eigenvalue weighted by molar-refractivity contribution is -0.385. The first kappa shape index (κ1) is 17.6. The summed E-state index contributed by atoms with van der Waals surface area (Å²) in [4.78, 5) is 24.4. The molecule has 136 valence electrons. The van der Waals surface area contributed by atoms with Gasteiger partial charge in [-0.2, -0.15) is 0 Å². The molecule has 0 spiro atoms. The largest absolute Gasteiger partial charge is 0.472 e. The monoisotopic (exact) mass is 350 g/mol. The molecule has 1 aromatic carbocycles. The molecule has 8 heteroatoms. The van der Waals surface area contributed by atoms with E-state index in [1.165, 1.54) is 12.1 Å². The van der Waals surface area contributed by atoms with Crippen LogP contribution in [-0.2, 0) is 16.0 Å². The fraction of sp³-hybridized carbons (Fsp3) is 0.588. The number of aliphatic hydroxyl groups excluding tert-OH is 1. The zero-order valence-electron chi connectivity index (χ0n) is 14.3. The van der Waals surface area contributed by atoms with Crippen molar-refractivity contribution in [3.05, 3.63) is 33.9 Å². The first-order valence-electron chi connectivity index (χ1n) is 8.45. The fourth-order valence-electron chi connectivity index (χ4n) is 3.62. The minimum Gasteiger partial charge on any atom is -0.472 e. The lowest BCUT2D eigenvalue weighted by Gasteiger charge is -2.38. The number of non-ortho nitro benzene ring substituents is 1. The van der Waals surface area contributed by atoms with Crippen LogP contribution in [0.3, 0.4) is 0 Å². The average molecular weight is 350 g/mol. The highest BCUT2D eigenvalue weighted by molar-refractivity contribution is 5.73. The molecule has 0 aromatic heterocycles. The van der Waals surface area contributed by atoms with Crippen molar-refractivity contribution in [1.82, 2.24) is 4.90 Å². The fourth-order valence-corrected chi connectivity index (χ4v) is 3.62. The maximum absolute atomic E-state index is 12.0. The van der Waals surface area contributed by atoms with E-state index in [2.05, 4.69) is 0 Å². The van der Waals surface area contributed by atoms with Gasteiger partial charge in [0, 0.05) is 36.7 Å². The van der Waals surface area contributed by atoms with Crippen LogP contribution in [0.4, 0.5) is 5.69 Å². The average Bonchev–Trinajstić information content (AvgIpc) is 2.95. The maximum Gasteiger partial charge on any atom is 0.310 e. The Hall–Kier alpha value is -2.19. The number of rotatable bonds is 4. The number of nitrogens with zero attached hydrogens (tertiary/aromatic N) is 2. The topological polar surface area (TPSA) is 102 Å². The van der Waals surface area contributed by atoms with E-state index >= 15 is 0 Å². The Bertz CT molecular complexity index is 679. The van der Waals surface area contributed by atoms with Crippen molar-refractivity contribution in [3.8, 4) is 5.75 Å². The highest BCUT2D eigenvalue weighted by Crippen LogP contribution is 2.35. The smallest absolute Gasteiger partial charge is 0.310 e. The van der Waals surface area contributed by atoms with Crippen molar-refractivity contribution < 1.29 is 24.3 Å². The lowest BCUT2D eigenvalue weighted by Crippen LogP contribution is -2.52. The number of benzene rings is 1. The molecule has 2 aliphatic heterocycles. The maximum atomic E-state index is 12.0. The van der Waals surface area contributed by atoms with Crippen LogP contribution in [0, 0.1) is 16.0 Å². The molecule has 2 unspecified atom stereocenters. The molecule has 2 heterocycles. The molecule has 0 amide bonds. The highest BCUT2D eigenvalue weighted by atomic mass is 16.6. The Labute approximate surface area is 145 Å². The van der Waals surface area contributed by atoms with Crippen LogP contribution >= 0.6 is 0 Å². The van der Waals surface area contributed by atoms with E-state index in [4.69, 9.17) is 9.47 Å². The van der Waals surface area contributed by atoms with Crippen molar-refractivity contribution in [2.75, 3.05) is 13.2 Å². The zero-order chi connectivity index (χ0) is 18.1. The third-order valence-corrected chi connectivity index (χ3v) is 4.83. The van der Waals surface area contributed by atoms with Gasteiger partial charge in [0.15, 0.2) is 6.23 Å². The first-order valence-corrected chi connectivity index (χ1v) is 8.45. The number of carbonyl (C=O) groups is 1. The van der Waals surface area contributed by atoms with Crippen LogP contribution in [0.5, 0.6) is 5.75 Å². The van der Waals surface area contributed by atoms with Crippen LogP contribution in [-0.4, -0.2) is 52.4 Å². The summed E-state index contributed by atoms with van der Waals surface area (Å²) in [5.41, 5.74) is 0.594. The summed E-state index contributed by atoms with van der Waals surface area (Å²) in [7, 11) is 0. The van der Waals surface area contributed by atoms with Gasteiger partial charge >= 0.3 is 5.97 Å². The Morgan fingerprint density at radius 2 is 2.28 bits per heavy atom. The molecular weight excluding hydrogens is 328 g/mol. The summed E-state index contributed by atoms with van der Waals surface area (Å²) in [5.74, 6) is 0.0786. The normalized spacial score (nSPS) is 28.9. The van der Waals surface area contributed by atoms with Crippen LogP contribution in [0.15, 0.2) is 18.2 Å².